The van der Waals surface area contributed by atoms with Gasteiger partial charge in [-0.25, -0.2) is 0 Å². The lowest BCUT2D eigenvalue weighted by atomic mass is 9.74. The van der Waals surface area contributed by atoms with Gasteiger partial charge in [0.05, 0.1) is 11.1 Å². The van der Waals surface area contributed by atoms with Gasteiger partial charge in [-0.3, -0.25) is 9.78 Å². The second-order valence-corrected chi connectivity index (χ2v) is 14.5. The number of aromatic nitrogens is 2. The molecule has 3 nitrogen and oxygen atoms in total. The van der Waals surface area contributed by atoms with E-state index in [9.17, 15) is 4.79 Å². The number of ketones is 1. The maximum atomic E-state index is 13.7. The van der Waals surface area contributed by atoms with Crippen molar-refractivity contribution in [2.75, 3.05) is 0 Å². The van der Waals surface area contributed by atoms with E-state index in [2.05, 4.69) is 80.1 Å². The summed E-state index contributed by atoms with van der Waals surface area (Å²) < 4.78 is 0. The Morgan fingerprint density at radius 3 is 2.50 bits per heavy atom. The third-order valence-electron chi connectivity index (χ3n) is 10.1. The summed E-state index contributed by atoms with van der Waals surface area (Å²) in [7, 11) is 0. The standard InChI is InChI=1S/C36H40N2OS/c1-21-13-22(2)15-28(14-21)33-29(8-6-23-5-7-26(16-23)25-9-11-37-12-10-25)31-20-32(40-35(31)38-33)36(3,4)34(39)30-19-24-17-27(30)18-24/h9-15,19-20,23,26-27,30,38H,5-8,16-18H2,1-4H3. The lowest BCUT2D eigenvalue weighted by Gasteiger charge is -2.29. The molecule has 4 aliphatic carbocycles. The molecule has 4 aliphatic rings. The summed E-state index contributed by atoms with van der Waals surface area (Å²) in [4.78, 5) is 24.2. The molecule has 40 heavy (non-hydrogen) atoms. The normalized spacial score (nSPS) is 23.9. The molecule has 2 fully saturated rings. The van der Waals surface area contributed by atoms with E-state index >= 15 is 0 Å². The van der Waals surface area contributed by atoms with Crippen LogP contribution in [0.25, 0.3) is 21.5 Å². The van der Waals surface area contributed by atoms with Crippen molar-refractivity contribution in [3.05, 3.63) is 87.6 Å². The molecule has 2 saturated carbocycles. The quantitative estimate of drug-likeness (QED) is 0.223. The van der Waals surface area contributed by atoms with Gasteiger partial charge in [-0.1, -0.05) is 28.8 Å². The molecular weight excluding hydrogens is 508 g/mol. The fraction of sp³-hybridized carbons (Fsp3) is 0.444. The van der Waals surface area contributed by atoms with Crippen LogP contribution in [0.2, 0.25) is 0 Å². The Morgan fingerprint density at radius 2 is 1.80 bits per heavy atom. The number of pyridine rings is 1. The van der Waals surface area contributed by atoms with Crippen molar-refractivity contribution in [3.63, 3.8) is 0 Å². The highest BCUT2D eigenvalue weighted by molar-refractivity contribution is 7.19. The van der Waals surface area contributed by atoms with Crippen LogP contribution in [0.3, 0.4) is 0 Å². The third-order valence-corrected chi connectivity index (χ3v) is 11.5. The van der Waals surface area contributed by atoms with Gasteiger partial charge < -0.3 is 4.98 Å². The van der Waals surface area contributed by atoms with Crippen molar-refractivity contribution >= 4 is 27.3 Å². The van der Waals surface area contributed by atoms with Crippen molar-refractivity contribution < 1.29 is 4.79 Å². The molecule has 3 atom stereocenters. The number of nitrogens with zero attached hydrogens (tertiary/aromatic N) is 1. The number of aromatic amines is 1. The number of rotatable bonds is 8. The lowest BCUT2D eigenvalue weighted by Crippen LogP contribution is -2.35. The highest BCUT2D eigenvalue weighted by atomic mass is 32.1. The van der Waals surface area contributed by atoms with Crippen LogP contribution in [0.4, 0.5) is 0 Å². The van der Waals surface area contributed by atoms with Gasteiger partial charge in [0.2, 0.25) is 0 Å². The van der Waals surface area contributed by atoms with E-state index < -0.39 is 5.41 Å². The number of carbonyl (C=O) groups is 1. The monoisotopic (exact) mass is 548 g/mol. The smallest absolute Gasteiger partial charge is 0.150 e. The molecule has 1 aromatic carbocycles. The first-order valence-electron chi connectivity index (χ1n) is 15.1. The predicted molar refractivity (Wildman–Crippen MR) is 166 cm³/mol. The van der Waals surface area contributed by atoms with Gasteiger partial charge in [-0.15, -0.1) is 11.3 Å². The van der Waals surface area contributed by atoms with Crippen molar-refractivity contribution in [1.82, 2.24) is 9.97 Å². The third kappa shape index (κ3) is 4.49. The summed E-state index contributed by atoms with van der Waals surface area (Å²) in [5, 5.41) is 1.33. The van der Waals surface area contributed by atoms with Gasteiger partial charge >= 0.3 is 0 Å². The summed E-state index contributed by atoms with van der Waals surface area (Å²) >= 11 is 1.80. The average Bonchev–Trinajstić information content (AvgIpc) is 3.72. The molecule has 0 amide bonds. The van der Waals surface area contributed by atoms with Gasteiger partial charge in [0.15, 0.2) is 5.78 Å². The minimum absolute atomic E-state index is 0.117. The van der Waals surface area contributed by atoms with Gasteiger partial charge in [-0.05, 0) is 137 Å². The topological polar surface area (TPSA) is 45.8 Å². The Labute approximate surface area is 242 Å². The molecule has 4 aromatic rings. The number of benzene rings is 1. The number of allylic oxidation sites excluding steroid dienone is 2. The highest BCUT2D eigenvalue weighted by Crippen LogP contribution is 2.51. The molecular formula is C36H40N2OS. The molecule has 2 bridgehead atoms. The SMILES string of the molecule is Cc1cc(C)cc(-c2[nH]c3sc(C(C)(C)C(=O)C4C=C5CC4C5)cc3c2CCC2CCC(c3ccncc3)C2)c1. The van der Waals surface area contributed by atoms with E-state index in [-0.39, 0.29) is 5.92 Å². The average molecular weight is 549 g/mol. The summed E-state index contributed by atoms with van der Waals surface area (Å²) in [5.74, 6) is 2.48. The van der Waals surface area contributed by atoms with E-state index in [1.807, 2.05) is 12.4 Å². The molecule has 3 aromatic heterocycles. The number of fused-ring (bicyclic) bond motifs is 2. The second-order valence-electron chi connectivity index (χ2n) is 13.4. The zero-order valence-corrected chi connectivity index (χ0v) is 25.0. The first-order valence-corrected chi connectivity index (χ1v) is 15.9. The molecule has 4 heteroatoms. The van der Waals surface area contributed by atoms with E-state index in [0.29, 0.717) is 17.6 Å². The Bertz CT molecular complexity index is 1590. The fourth-order valence-corrected chi connectivity index (χ4v) is 9.01. The van der Waals surface area contributed by atoms with Gasteiger partial charge in [0, 0.05) is 28.6 Å². The van der Waals surface area contributed by atoms with Gasteiger partial charge in [0.1, 0.15) is 4.83 Å². The summed E-state index contributed by atoms with van der Waals surface area (Å²) in [5.41, 5.74) is 9.06. The molecule has 3 unspecified atom stereocenters. The first kappa shape index (κ1) is 26.0. The van der Waals surface area contributed by atoms with Crippen LogP contribution in [0.15, 0.2) is 60.4 Å². The zero-order valence-electron chi connectivity index (χ0n) is 24.2. The number of Topliss-reactive ketones (excluding diaryl/α,β-unsaturated/α-hetero) is 1. The minimum atomic E-state index is -0.468. The number of carbonyl (C=O) groups excluding carboxylic acids is 1. The molecule has 0 saturated heterocycles. The molecule has 0 radical (unpaired) electrons. The first-order chi connectivity index (χ1) is 19.3. The Balaban J connectivity index is 1.19. The van der Waals surface area contributed by atoms with Crippen LogP contribution in [-0.4, -0.2) is 15.8 Å². The summed E-state index contributed by atoms with van der Waals surface area (Å²) in [6.07, 6.45) is 14.5. The minimum Gasteiger partial charge on any atom is -0.346 e. The number of thiophene rings is 1. The number of aryl methyl sites for hydroxylation is 3. The van der Waals surface area contributed by atoms with Gasteiger partial charge in [0.25, 0.3) is 0 Å². The molecule has 3 heterocycles. The van der Waals surface area contributed by atoms with Crippen LogP contribution in [0, 0.1) is 31.6 Å². The number of nitrogens with one attached hydrogen (secondary N) is 1. The van der Waals surface area contributed by atoms with Crippen molar-refractivity contribution in [1.29, 1.82) is 0 Å². The number of H-pyrrole nitrogens is 1. The van der Waals surface area contributed by atoms with E-state index in [4.69, 9.17) is 0 Å². The van der Waals surface area contributed by atoms with Crippen LogP contribution in [0.5, 0.6) is 0 Å². The van der Waals surface area contributed by atoms with E-state index in [0.717, 1.165) is 25.2 Å². The molecule has 0 spiro atoms. The Kier molecular flexibility index (Phi) is 6.38. The number of hydrogen-bond donors (Lipinski definition) is 1. The van der Waals surface area contributed by atoms with Crippen LogP contribution < -0.4 is 0 Å². The predicted octanol–water partition coefficient (Wildman–Crippen LogP) is 9.24. The van der Waals surface area contributed by atoms with Gasteiger partial charge in [-0.2, -0.15) is 0 Å². The van der Waals surface area contributed by atoms with Crippen LogP contribution in [0.1, 0.15) is 85.4 Å². The molecule has 8 rings (SSSR count). The molecule has 1 N–H and O–H groups in total. The fourth-order valence-electron chi connectivity index (χ4n) is 7.81. The van der Waals surface area contributed by atoms with E-state index in [1.165, 1.54) is 79.9 Å². The molecule has 206 valence electrons. The van der Waals surface area contributed by atoms with Crippen molar-refractivity contribution in [2.45, 2.75) is 84.0 Å². The zero-order chi connectivity index (χ0) is 27.6. The maximum absolute atomic E-state index is 13.7. The molecule has 0 aliphatic heterocycles. The summed E-state index contributed by atoms with van der Waals surface area (Å²) in [6, 6.07) is 13.6. The highest BCUT2D eigenvalue weighted by Gasteiger charge is 2.46. The van der Waals surface area contributed by atoms with Crippen molar-refractivity contribution in [2.24, 2.45) is 17.8 Å². The Morgan fingerprint density at radius 1 is 1.05 bits per heavy atom. The van der Waals surface area contributed by atoms with E-state index in [1.54, 1.807) is 11.3 Å². The summed E-state index contributed by atoms with van der Waals surface area (Å²) in [6.45, 7) is 8.68. The van der Waals surface area contributed by atoms with Crippen LogP contribution in [-0.2, 0) is 16.6 Å². The number of hydrogen-bond acceptors (Lipinski definition) is 3. The second kappa shape index (κ2) is 9.83. The van der Waals surface area contributed by atoms with Crippen LogP contribution >= 0.6 is 11.3 Å². The largest absolute Gasteiger partial charge is 0.346 e. The Hall–Kier alpha value is -2.98. The maximum Gasteiger partial charge on any atom is 0.150 e. The van der Waals surface area contributed by atoms with Crippen molar-refractivity contribution in [3.8, 4) is 11.3 Å². The lowest BCUT2D eigenvalue weighted by molar-refractivity contribution is -0.127.